The molecule has 0 bridgehead atoms. The van der Waals surface area contributed by atoms with Crippen LogP contribution in [0, 0.1) is 5.92 Å². The van der Waals surface area contributed by atoms with Gasteiger partial charge < -0.3 is 10.6 Å². The number of aromatic amines is 1. The molecule has 3 N–H and O–H groups in total. The summed E-state index contributed by atoms with van der Waals surface area (Å²) in [6.45, 7) is 2.60. The van der Waals surface area contributed by atoms with Gasteiger partial charge in [0.15, 0.2) is 5.69 Å². The Morgan fingerprint density at radius 2 is 1.94 bits per heavy atom. The van der Waals surface area contributed by atoms with Gasteiger partial charge in [0, 0.05) is 26.7 Å². The number of aromatic nitrogens is 2. The highest BCUT2D eigenvalue weighted by atomic mass is 32.2. The van der Waals surface area contributed by atoms with E-state index in [4.69, 9.17) is 5.73 Å². The van der Waals surface area contributed by atoms with Crippen LogP contribution in [0.3, 0.4) is 0 Å². The minimum atomic E-state index is -3.73. The lowest BCUT2D eigenvalue weighted by Gasteiger charge is -2.33. The molecule has 10 nitrogen and oxygen atoms in total. The summed E-state index contributed by atoms with van der Waals surface area (Å²) in [5.41, 5.74) is 4.64. The van der Waals surface area contributed by atoms with Crippen molar-refractivity contribution in [2.24, 2.45) is 5.92 Å². The molecule has 11 heteroatoms. The van der Waals surface area contributed by atoms with E-state index >= 15 is 0 Å². The number of sulfonamides is 1. The van der Waals surface area contributed by atoms with Crippen molar-refractivity contribution in [3.63, 3.8) is 0 Å². The van der Waals surface area contributed by atoms with E-state index in [1.54, 1.807) is 18.2 Å². The predicted molar refractivity (Wildman–Crippen MR) is 122 cm³/mol. The van der Waals surface area contributed by atoms with E-state index in [2.05, 4.69) is 4.98 Å². The number of carbonyl (C=O) groups is 1. The molecule has 1 unspecified atom stereocenters. The monoisotopic (exact) mass is 463 g/mol. The summed E-state index contributed by atoms with van der Waals surface area (Å²) in [5.74, 6) is -1.13. The fraction of sp³-hybridized carbons (Fsp3) is 0.476. The standard InChI is InChI=1S/C21H29N5O5S/c1-3-4-13-26-18(22)17(19(27)23-21(26)29)24(2)20(28)15-9-8-12-25(14-15)32(30,31)16-10-6-5-7-11-16/h5-7,10-11,15H,3-4,8-9,12-14,22H2,1-2H3,(H,23,27,29). The number of rotatable bonds is 7. The molecule has 2 heterocycles. The zero-order chi connectivity index (χ0) is 23.5. The van der Waals surface area contributed by atoms with Gasteiger partial charge in [-0.05, 0) is 31.4 Å². The maximum absolute atomic E-state index is 13.2. The van der Waals surface area contributed by atoms with Crippen molar-refractivity contribution >= 4 is 27.4 Å². The molecule has 1 saturated heterocycles. The molecule has 0 spiro atoms. The molecule has 0 saturated carbocycles. The summed E-state index contributed by atoms with van der Waals surface area (Å²) in [6.07, 6.45) is 2.50. The minimum absolute atomic E-state index is 0.00762. The van der Waals surface area contributed by atoms with Crippen LogP contribution in [0.1, 0.15) is 32.6 Å². The number of hydrogen-bond donors (Lipinski definition) is 2. The zero-order valence-electron chi connectivity index (χ0n) is 18.3. The van der Waals surface area contributed by atoms with E-state index in [1.165, 1.54) is 28.1 Å². The van der Waals surface area contributed by atoms with Crippen LogP contribution in [-0.4, -0.2) is 48.3 Å². The molecule has 0 aliphatic carbocycles. The highest BCUT2D eigenvalue weighted by Crippen LogP contribution is 2.26. The second-order valence-corrected chi connectivity index (χ2v) is 9.85. The first-order valence-electron chi connectivity index (χ1n) is 10.6. The van der Waals surface area contributed by atoms with Gasteiger partial charge in [-0.15, -0.1) is 0 Å². The summed E-state index contributed by atoms with van der Waals surface area (Å²) in [6, 6.07) is 8.07. The van der Waals surface area contributed by atoms with E-state index in [9.17, 15) is 22.8 Å². The number of nitrogens with zero attached hydrogens (tertiary/aromatic N) is 3. The quantitative estimate of drug-likeness (QED) is 0.628. The number of nitrogen functional groups attached to an aromatic ring is 1. The molecule has 0 radical (unpaired) electrons. The van der Waals surface area contributed by atoms with Crippen molar-refractivity contribution in [1.82, 2.24) is 13.9 Å². The van der Waals surface area contributed by atoms with Gasteiger partial charge in [-0.2, -0.15) is 4.31 Å². The number of H-pyrrole nitrogens is 1. The van der Waals surface area contributed by atoms with Gasteiger partial charge >= 0.3 is 5.69 Å². The van der Waals surface area contributed by atoms with Crippen LogP contribution < -0.4 is 21.9 Å². The highest BCUT2D eigenvalue weighted by Gasteiger charge is 2.35. The molecule has 174 valence electrons. The molecule has 1 atom stereocenters. The first-order valence-corrected chi connectivity index (χ1v) is 12.1. The lowest BCUT2D eigenvalue weighted by molar-refractivity contribution is -0.123. The Balaban J connectivity index is 1.86. The fourth-order valence-electron chi connectivity index (χ4n) is 3.93. The van der Waals surface area contributed by atoms with Crippen LogP contribution in [0.5, 0.6) is 0 Å². The van der Waals surface area contributed by atoms with Crippen molar-refractivity contribution in [2.75, 3.05) is 30.8 Å². The van der Waals surface area contributed by atoms with Gasteiger partial charge in [0.05, 0.1) is 10.8 Å². The molecule has 1 fully saturated rings. The topological polar surface area (TPSA) is 139 Å². The minimum Gasteiger partial charge on any atom is -0.383 e. The molecular weight excluding hydrogens is 434 g/mol. The molecule has 1 aromatic heterocycles. The lowest BCUT2D eigenvalue weighted by atomic mass is 9.98. The second-order valence-electron chi connectivity index (χ2n) is 7.91. The van der Waals surface area contributed by atoms with Gasteiger partial charge in [-0.1, -0.05) is 31.5 Å². The van der Waals surface area contributed by atoms with E-state index in [-0.39, 0.29) is 22.9 Å². The summed E-state index contributed by atoms with van der Waals surface area (Å²) >= 11 is 0. The number of piperidine rings is 1. The maximum Gasteiger partial charge on any atom is 0.330 e. The molecule has 1 amide bonds. The first-order chi connectivity index (χ1) is 15.2. The predicted octanol–water partition coefficient (Wildman–Crippen LogP) is 0.983. The molecular formula is C21H29N5O5S. The summed E-state index contributed by atoms with van der Waals surface area (Å²) in [4.78, 5) is 41.4. The van der Waals surface area contributed by atoms with Crippen molar-refractivity contribution in [3.8, 4) is 0 Å². The second kappa shape index (κ2) is 9.70. The SMILES string of the molecule is CCCCn1c(N)c(N(C)C(=O)C2CCCN(S(=O)(=O)c3ccccc3)C2)c(=O)[nH]c1=O. The Bertz CT molecular complexity index is 1190. The number of carbonyl (C=O) groups excluding carboxylic acids is 1. The number of nitrogens with two attached hydrogens (primary N) is 1. The highest BCUT2D eigenvalue weighted by molar-refractivity contribution is 7.89. The normalized spacial score (nSPS) is 17.2. The Kier molecular flexibility index (Phi) is 7.19. The molecule has 3 rings (SSSR count). The third-order valence-electron chi connectivity index (χ3n) is 5.73. The molecule has 2 aromatic rings. The first kappa shape index (κ1) is 23.7. The number of nitrogens with one attached hydrogen (secondary N) is 1. The van der Waals surface area contributed by atoms with Gasteiger partial charge in [0.2, 0.25) is 15.9 Å². The van der Waals surface area contributed by atoms with Crippen molar-refractivity contribution < 1.29 is 13.2 Å². The van der Waals surface area contributed by atoms with E-state index < -0.39 is 33.1 Å². The number of anilines is 2. The van der Waals surface area contributed by atoms with Crippen LogP contribution in [0.2, 0.25) is 0 Å². The van der Waals surface area contributed by atoms with Gasteiger partial charge in [-0.3, -0.25) is 19.1 Å². The van der Waals surface area contributed by atoms with E-state index in [0.29, 0.717) is 32.4 Å². The van der Waals surface area contributed by atoms with Crippen LogP contribution in [0.25, 0.3) is 0 Å². The van der Waals surface area contributed by atoms with Crippen LogP contribution in [0.4, 0.5) is 11.5 Å². The Morgan fingerprint density at radius 1 is 1.25 bits per heavy atom. The van der Waals surface area contributed by atoms with Crippen molar-refractivity contribution in [2.45, 2.75) is 44.0 Å². The largest absolute Gasteiger partial charge is 0.383 e. The third kappa shape index (κ3) is 4.63. The van der Waals surface area contributed by atoms with E-state index in [0.717, 1.165) is 11.3 Å². The molecule has 1 aliphatic heterocycles. The third-order valence-corrected chi connectivity index (χ3v) is 7.61. The van der Waals surface area contributed by atoms with Crippen LogP contribution in [-0.2, 0) is 21.4 Å². The average molecular weight is 464 g/mol. The van der Waals surface area contributed by atoms with Crippen molar-refractivity contribution in [1.29, 1.82) is 0 Å². The number of hydrogen-bond acceptors (Lipinski definition) is 6. The van der Waals surface area contributed by atoms with Crippen LogP contribution >= 0.6 is 0 Å². The van der Waals surface area contributed by atoms with E-state index in [1.807, 2.05) is 6.92 Å². The Hall–Kier alpha value is -2.92. The Morgan fingerprint density at radius 3 is 2.59 bits per heavy atom. The molecule has 1 aliphatic rings. The molecule has 32 heavy (non-hydrogen) atoms. The number of unbranched alkanes of at least 4 members (excludes halogenated alkanes) is 1. The van der Waals surface area contributed by atoms with Crippen molar-refractivity contribution in [3.05, 3.63) is 51.2 Å². The Labute approximate surface area is 186 Å². The number of amides is 1. The maximum atomic E-state index is 13.2. The van der Waals surface area contributed by atoms with Gasteiger partial charge in [-0.25, -0.2) is 13.2 Å². The lowest BCUT2D eigenvalue weighted by Crippen LogP contribution is -2.47. The fourth-order valence-corrected chi connectivity index (χ4v) is 5.47. The number of benzene rings is 1. The van der Waals surface area contributed by atoms with Gasteiger partial charge in [0.1, 0.15) is 5.82 Å². The van der Waals surface area contributed by atoms with Gasteiger partial charge in [0.25, 0.3) is 5.56 Å². The molecule has 1 aromatic carbocycles. The smallest absolute Gasteiger partial charge is 0.330 e. The average Bonchev–Trinajstić information content (AvgIpc) is 2.78. The summed E-state index contributed by atoms with van der Waals surface area (Å²) in [5, 5.41) is 0. The summed E-state index contributed by atoms with van der Waals surface area (Å²) < 4.78 is 28.5. The van der Waals surface area contributed by atoms with Crippen LogP contribution in [0.15, 0.2) is 44.8 Å². The zero-order valence-corrected chi connectivity index (χ0v) is 19.1. The summed E-state index contributed by atoms with van der Waals surface area (Å²) in [7, 11) is -2.31.